The van der Waals surface area contributed by atoms with Crippen molar-refractivity contribution < 1.29 is 0 Å². The molecule has 0 atom stereocenters. The summed E-state index contributed by atoms with van der Waals surface area (Å²) in [6.07, 6.45) is 1.70. The molecule has 0 spiro atoms. The number of nitrogens with two attached hydrogens (primary N) is 1. The summed E-state index contributed by atoms with van der Waals surface area (Å²) in [6, 6.07) is 3.72. The smallest absolute Gasteiger partial charge is 0.0870 e. The number of pyridine rings is 1. The predicted octanol–water partition coefficient (Wildman–Crippen LogP) is 1.53. The third-order valence-corrected chi connectivity index (χ3v) is 1.78. The van der Waals surface area contributed by atoms with Gasteiger partial charge in [-0.25, -0.2) is 0 Å². The van der Waals surface area contributed by atoms with Gasteiger partial charge < -0.3 is 5.84 Å². The van der Waals surface area contributed by atoms with Gasteiger partial charge in [0.1, 0.15) is 0 Å². The molecule has 58 valence electrons. The van der Waals surface area contributed by atoms with E-state index in [0.29, 0.717) is 0 Å². The van der Waals surface area contributed by atoms with E-state index in [2.05, 4.69) is 26.0 Å². The minimum absolute atomic E-state index is 0.728. The molecule has 1 heterocycles. The molecule has 0 aliphatic carbocycles. The Labute approximate surface area is 73.5 Å². The largest absolute Gasteiger partial charge is 0.323 e. The Hall–Kier alpha value is -0.900. The molecule has 0 aliphatic heterocycles. The number of hydrogen-bond acceptors (Lipinski definition) is 3. The molecule has 1 aromatic rings. The van der Waals surface area contributed by atoms with Crippen molar-refractivity contribution in [2.75, 3.05) is 0 Å². The van der Waals surface area contributed by atoms with E-state index in [0.717, 1.165) is 15.9 Å². The zero-order valence-corrected chi connectivity index (χ0v) is 7.67. The molecule has 11 heavy (non-hydrogen) atoms. The van der Waals surface area contributed by atoms with Crippen molar-refractivity contribution in [3.05, 3.63) is 28.5 Å². The second kappa shape index (κ2) is 3.48. The van der Waals surface area contributed by atoms with Gasteiger partial charge in [0.25, 0.3) is 0 Å². The molecule has 0 aliphatic rings. The van der Waals surface area contributed by atoms with Crippen LogP contribution in [0.1, 0.15) is 12.6 Å². The first-order chi connectivity index (χ1) is 5.24. The molecule has 0 saturated heterocycles. The van der Waals surface area contributed by atoms with E-state index in [9.17, 15) is 0 Å². The Morgan fingerprint density at radius 3 is 3.00 bits per heavy atom. The van der Waals surface area contributed by atoms with Crippen LogP contribution >= 0.6 is 15.9 Å². The summed E-state index contributed by atoms with van der Waals surface area (Å²) in [5.41, 5.74) is 1.52. The van der Waals surface area contributed by atoms with Crippen LogP contribution in [0.3, 0.4) is 0 Å². The molecule has 3 nitrogen and oxygen atoms in total. The SMILES string of the molecule is CC(=NN)c1cc(Br)ccn1. The fraction of sp³-hybridized carbons (Fsp3) is 0.143. The van der Waals surface area contributed by atoms with Crippen molar-refractivity contribution in [3.8, 4) is 0 Å². The van der Waals surface area contributed by atoms with Crippen LogP contribution < -0.4 is 5.84 Å². The maximum absolute atomic E-state index is 5.09. The van der Waals surface area contributed by atoms with E-state index in [1.54, 1.807) is 6.20 Å². The van der Waals surface area contributed by atoms with Crippen molar-refractivity contribution in [1.82, 2.24) is 4.98 Å². The lowest BCUT2D eigenvalue weighted by Crippen LogP contribution is -2.00. The minimum Gasteiger partial charge on any atom is -0.323 e. The molecule has 0 radical (unpaired) electrons. The number of halogens is 1. The first-order valence-corrected chi connectivity index (χ1v) is 3.89. The Morgan fingerprint density at radius 2 is 2.45 bits per heavy atom. The van der Waals surface area contributed by atoms with Gasteiger partial charge in [0.2, 0.25) is 0 Å². The third-order valence-electron chi connectivity index (χ3n) is 1.29. The second-order valence-corrected chi connectivity index (χ2v) is 2.99. The molecule has 4 heteroatoms. The fourth-order valence-corrected chi connectivity index (χ4v) is 1.00. The van der Waals surface area contributed by atoms with E-state index in [-0.39, 0.29) is 0 Å². The Balaban J connectivity index is 3.06. The molecule has 2 N–H and O–H groups in total. The summed E-state index contributed by atoms with van der Waals surface area (Å²) in [6.45, 7) is 1.81. The third kappa shape index (κ3) is 2.01. The van der Waals surface area contributed by atoms with E-state index in [1.165, 1.54) is 0 Å². The molecule has 0 fully saturated rings. The molecular formula is C7H8BrN3. The highest BCUT2D eigenvalue weighted by molar-refractivity contribution is 9.10. The van der Waals surface area contributed by atoms with Crippen molar-refractivity contribution in [1.29, 1.82) is 0 Å². The van der Waals surface area contributed by atoms with E-state index in [4.69, 9.17) is 5.84 Å². The Morgan fingerprint density at radius 1 is 1.73 bits per heavy atom. The average Bonchev–Trinajstić information content (AvgIpc) is 2.03. The molecule has 1 rings (SSSR count). The van der Waals surface area contributed by atoms with Crippen LogP contribution in [-0.2, 0) is 0 Å². The van der Waals surface area contributed by atoms with Gasteiger partial charge in [0.05, 0.1) is 11.4 Å². The Kier molecular flexibility index (Phi) is 2.59. The lowest BCUT2D eigenvalue weighted by molar-refractivity contribution is 1.20. The average molecular weight is 214 g/mol. The number of rotatable bonds is 1. The van der Waals surface area contributed by atoms with Gasteiger partial charge in [-0.3, -0.25) is 4.98 Å². The van der Waals surface area contributed by atoms with E-state index in [1.807, 2.05) is 19.1 Å². The molecule has 0 bridgehead atoms. The predicted molar refractivity (Wildman–Crippen MR) is 48.3 cm³/mol. The van der Waals surface area contributed by atoms with Gasteiger partial charge in [-0.15, -0.1) is 0 Å². The van der Waals surface area contributed by atoms with Gasteiger partial charge in [-0.05, 0) is 19.1 Å². The highest BCUT2D eigenvalue weighted by atomic mass is 79.9. The molecule has 0 saturated carbocycles. The summed E-state index contributed by atoms with van der Waals surface area (Å²) in [5.74, 6) is 5.09. The van der Waals surface area contributed by atoms with Gasteiger partial charge in [0.15, 0.2) is 0 Å². The fourth-order valence-electron chi connectivity index (χ4n) is 0.669. The summed E-state index contributed by atoms with van der Waals surface area (Å²) in [7, 11) is 0. The zero-order chi connectivity index (χ0) is 8.27. The van der Waals surface area contributed by atoms with Gasteiger partial charge >= 0.3 is 0 Å². The van der Waals surface area contributed by atoms with Crippen molar-refractivity contribution >= 4 is 21.6 Å². The number of nitrogens with zero attached hydrogens (tertiary/aromatic N) is 2. The van der Waals surface area contributed by atoms with Crippen LogP contribution in [0.2, 0.25) is 0 Å². The lowest BCUT2D eigenvalue weighted by atomic mass is 10.3. The summed E-state index contributed by atoms with van der Waals surface area (Å²) in [4.78, 5) is 4.07. The maximum Gasteiger partial charge on any atom is 0.0870 e. The number of hydrogen-bond donors (Lipinski definition) is 1. The van der Waals surface area contributed by atoms with E-state index >= 15 is 0 Å². The van der Waals surface area contributed by atoms with Crippen molar-refractivity contribution in [3.63, 3.8) is 0 Å². The number of hydrazone groups is 1. The van der Waals surface area contributed by atoms with Gasteiger partial charge in [-0.1, -0.05) is 15.9 Å². The highest BCUT2D eigenvalue weighted by Crippen LogP contribution is 2.09. The standard InChI is InChI=1S/C7H8BrN3/c1-5(11-9)7-4-6(8)2-3-10-7/h2-4H,9H2,1H3. The van der Waals surface area contributed by atoms with E-state index < -0.39 is 0 Å². The van der Waals surface area contributed by atoms with Crippen LogP contribution in [0.15, 0.2) is 27.9 Å². The van der Waals surface area contributed by atoms with Crippen LogP contribution in [0.4, 0.5) is 0 Å². The molecular weight excluding hydrogens is 206 g/mol. The van der Waals surface area contributed by atoms with Crippen LogP contribution in [-0.4, -0.2) is 10.7 Å². The minimum atomic E-state index is 0.728. The second-order valence-electron chi connectivity index (χ2n) is 2.07. The number of aromatic nitrogens is 1. The quantitative estimate of drug-likeness (QED) is 0.437. The first kappa shape index (κ1) is 8.20. The summed E-state index contributed by atoms with van der Waals surface area (Å²) in [5, 5.41) is 3.53. The van der Waals surface area contributed by atoms with Crippen molar-refractivity contribution in [2.45, 2.75) is 6.92 Å². The topological polar surface area (TPSA) is 51.3 Å². The monoisotopic (exact) mass is 213 g/mol. The van der Waals surface area contributed by atoms with Crippen LogP contribution in [0, 0.1) is 0 Å². The Bertz CT molecular complexity index is 283. The van der Waals surface area contributed by atoms with Gasteiger partial charge in [-0.2, -0.15) is 5.10 Å². The van der Waals surface area contributed by atoms with Crippen molar-refractivity contribution in [2.24, 2.45) is 10.9 Å². The van der Waals surface area contributed by atoms with Gasteiger partial charge in [0, 0.05) is 10.7 Å². The molecule has 0 unspecified atom stereocenters. The molecule has 1 aromatic heterocycles. The molecule has 0 amide bonds. The molecule has 0 aromatic carbocycles. The summed E-state index contributed by atoms with van der Waals surface area (Å²) < 4.78 is 0.977. The summed E-state index contributed by atoms with van der Waals surface area (Å²) >= 11 is 3.32. The first-order valence-electron chi connectivity index (χ1n) is 3.10. The maximum atomic E-state index is 5.09. The normalized spacial score (nSPS) is 11.6. The van der Waals surface area contributed by atoms with Crippen LogP contribution in [0.5, 0.6) is 0 Å². The lowest BCUT2D eigenvalue weighted by Gasteiger charge is -1.96. The highest BCUT2D eigenvalue weighted by Gasteiger charge is 1.97. The van der Waals surface area contributed by atoms with Crippen LogP contribution in [0.25, 0.3) is 0 Å². The zero-order valence-electron chi connectivity index (χ0n) is 6.08.